The fourth-order valence-corrected chi connectivity index (χ4v) is 9.20. The number of aromatic nitrogens is 2. The summed E-state index contributed by atoms with van der Waals surface area (Å²) in [7, 11) is 0. The molecule has 0 saturated heterocycles. The van der Waals surface area contributed by atoms with Crippen LogP contribution in [0.15, 0.2) is 145 Å². The third kappa shape index (κ3) is 4.01. The zero-order valence-electron chi connectivity index (χ0n) is 26.3. The molecule has 0 amide bonds. The van der Waals surface area contributed by atoms with Crippen LogP contribution in [-0.4, -0.2) is 9.13 Å². The zero-order chi connectivity index (χ0) is 32.6. The van der Waals surface area contributed by atoms with E-state index in [2.05, 4.69) is 143 Å². The van der Waals surface area contributed by atoms with Crippen LogP contribution >= 0.6 is 11.3 Å². The Morgan fingerprint density at radius 3 is 2.08 bits per heavy atom. The van der Waals surface area contributed by atoms with Crippen LogP contribution in [0, 0.1) is 22.7 Å². The van der Waals surface area contributed by atoms with Gasteiger partial charge in [-0.3, -0.25) is 0 Å². The highest BCUT2D eigenvalue weighted by Gasteiger charge is 2.27. The van der Waals surface area contributed by atoms with Crippen molar-refractivity contribution in [3.05, 3.63) is 156 Å². The third-order valence-electron chi connectivity index (χ3n) is 10.2. The van der Waals surface area contributed by atoms with Gasteiger partial charge in [-0.1, -0.05) is 72.8 Å². The van der Waals surface area contributed by atoms with Crippen LogP contribution in [0.4, 0.5) is 0 Å². The molecule has 1 atom stereocenters. The fraction of sp³-hybridized carbons (Fsp3) is 0.0455. The molecule has 1 aliphatic carbocycles. The molecule has 0 aliphatic heterocycles. The number of rotatable bonds is 3. The van der Waals surface area contributed by atoms with Crippen molar-refractivity contribution in [2.24, 2.45) is 0 Å². The standard InChI is InChI=1S/C44H26N4S/c45-25-27-14-19-40(48-39-13-7-5-11-32(39)36-23-28(26-46)15-20-41(36)48)35(22-27)29-16-21-42-37(24-29)34-18-17-33-31-10-4-6-12-38(31)47(43(33)44(34)49-42)30-8-2-1-3-9-30/h1-21,23-24,35H,22H2. The minimum atomic E-state index is -0.0341. The molecule has 228 valence electrons. The van der Waals surface area contributed by atoms with Gasteiger partial charge in [0.1, 0.15) is 0 Å². The molecule has 6 aromatic carbocycles. The van der Waals surface area contributed by atoms with Crippen molar-refractivity contribution in [3.8, 4) is 17.8 Å². The van der Waals surface area contributed by atoms with Crippen LogP contribution in [0.1, 0.15) is 23.5 Å². The molecule has 5 heteroatoms. The summed E-state index contributed by atoms with van der Waals surface area (Å²) in [6, 6.07) is 49.9. The van der Waals surface area contributed by atoms with Gasteiger partial charge in [0.15, 0.2) is 0 Å². The minimum absolute atomic E-state index is 0.0341. The molecule has 1 aliphatic rings. The molecule has 3 heterocycles. The first-order chi connectivity index (χ1) is 24.2. The average Bonchev–Trinajstić information content (AvgIpc) is 3.82. The van der Waals surface area contributed by atoms with Gasteiger partial charge < -0.3 is 9.13 Å². The normalized spacial score (nSPS) is 14.9. The first-order valence-electron chi connectivity index (χ1n) is 16.4. The van der Waals surface area contributed by atoms with Crippen molar-refractivity contribution in [3.63, 3.8) is 0 Å². The highest BCUT2D eigenvalue weighted by atomic mass is 32.1. The largest absolute Gasteiger partial charge is 0.312 e. The molecule has 4 nitrogen and oxygen atoms in total. The van der Waals surface area contributed by atoms with Crippen molar-refractivity contribution in [1.82, 2.24) is 9.13 Å². The van der Waals surface area contributed by atoms with E-state index in [0.717, 1.165) is 38.8 Å². The number of nitriles is 2. The summed E-state index contributed by atoms with van der Waals surface area (Å²) in [6.45, 7) is 0. The van der Waals surface area contributed by atoms with Crippen molar-refractivity contribution in [1.29, 1.82) is 10.5 Å². The van der Waals surface area contributed by atoms with Crippen LogP contribution in [-0.2, 0) is 0 Å². The Hall–Kier alpha value is -6.40. The van der Waals surface area contributed by atoms with Crippen molar-refractivity contribution >= 4 is 80.8 Å². The lowest BCUT2D eigenvalue weighted by molar-refractivity contribution is 0.813. The lowest BCUT2D eigenvalue weighted by Gasteiger charge is -2.26. The van der Waals surface area contributed by atoms with E-state index in [1.165, 1.54) is 47.5 Å². The van der Waals surface area contributed by atoms with Gasteiger partial charge in [-0.2, -0.15) is 10.5 Å². The maximum atomic E-state index is 10.0. The van der Waals surface area contributed by atoms with Crippen LogP contribution in [0.25, 0.3) is 75.2 Å². The predicted molar refractivity (Wildman–Crippen MR) is 203 cm³/mol. The first kappa shape index (κ1) is 27.7. The van der Waals surface area contributed by atoms with Crippen molar-refractivity contribution in [2.75, 3.05) is 0 Å². The van der Waals surface area contributed by atoms with E-state index < -0.39 is 0 Å². The van der Waals surface area contributed by atoms with E-state index in [1.807, 2.05) is 29.5 Å². The number of thiophene rings is 1. The van der Waals surface area contributed by atoms with E-state index in [-0.39, 0.29) is 5.92 Å². The SMILES string of the molecule is N#CC1=CC=C(n2c3ccccc3c3cc(C#N)ccc32)C(c2ccc3sc4c(ccc5c6ccccc6n(-c6ccccc6)c54)c3c2)C1. The number of hydrogen-bond acceptors (Lipinski definition) is 3. The molecular weight excluding hydrogens is 617 g/mol. The molecule has 0 radical (unpaired) electrons. The van der Waals surface area contributed by atoms with Gasteiger partial charge in [0.05, 0.1) is 44.5 Å². The van der Waals surface area contributed by atoms with E-state index in [9.17, 15) is 10.5 Å². The Kier molecular flexibility index (Phi) is 5.96. The minimum Gasteiger partial charge on any atom is -0.312 e. The van der Waals surface area contributed by atoms with E-state index in [4.69, 9.17) is 0 Å². The van der Waals surface area contributed by atoms with Gasteiger partial charge in [-0.15, -0.1) is 11.3 Å². The second-order valence-corrected chi connectivity index (χ2v) is 13.8. The number of hydrogen-bond donors (Lipinski definition) is 0. The van der Waals surface area contributed by atoms with Gasteiger partial charge in [0.25, 0.3) is 0 Å². The summed E-state index contributed by atoms with van der Waals surface area (Å²) < 4.78 is 7.26. The van der Waals surface area contributed by atoms with Crippen molar-refractivity contribution < 1.29 is 0 Å². The number of allylic oxidation sites excluding steroid dienone is 4. The lowest BCUT2D eigenvalue weighted by atomic mass is 9.85. The molecule has 9 aromatic rings. The second-order valence-electron chi connectivity index (χ2n) is 12.7. The Morgan fingerprint density at radius 2 is 1.29 bits per heavy atom. The predicted octanol–water partition coefficient (Wildman–Crippen LogP) is 11.6. The lowest BCUT2D eigenvalue weighted by Crippen LogP contribution is -2.12. The first-order valence-corrected chi connectivity index (χ1v) is 17.2. The number of benzene rings is 6. The molecule has 10 rings (SSSR count). The summed E-state index contributed by atoms with van der Waals surface area (Å²) in [6.07, 6.45) is 4.70. The molecule has 0 fully saturated rings. The van der Waals surface area contributed by atoms with Crippen LogP contribution in [0.5, 0.6) is 0 Å². The maximum absolute atomic E-state index is 10.0. The summed E-state index contributed by atoms with van der Waals surface area (Å²) >= 11 is 1.85. The molecule has 0 bridgehead atoms. The molecule has 0 spiro atoms. The van der Waals surface area contributed by atoms with Crippen LogP contribution < -0.4 is 0 Å². The number of para-hydroxylation sites is 3. The van der Waals surface area contributed by atoms with E-state index in [1.54, 1.807) is 0 Å². The number of fused-ring (bicyclic) bond motifs is 10. The second kappa shape index (κ2) is 10.6. The van der Waals surface area contributed by atoms with Gasteiger partial charge in [-0.05, 0) is 78.7 Å². The van der Waals surface area contributed by atoms with Crippen molar-refractivity contribution in [2.45, 2.75) is 12.3 Å². The molecule has 0 saturated carbocycles. The molecule has 49 heavy (non-hydrogen) atoms. The van der Waals surface area contributed by atoms with E-state index >= 15 is 0 Å². The summed E-state index contributed by atoms with van der Waals surface area (Å²) in [5, 5.41) is 26.9. The van der Waals surface area contributed by atoms with Gasteiger partial charge in [-0.25, -0.2) is 0 Å². The Morgan fingerprint density at radius 1 is 0.571 bits per heavy atom. The van der Waals surface area contributed by atoms with Gasteiger partial charge in [0, 0.05) is 59.9 Å². The summed E-state index contributed by atoms with van der Waals surface area (Å²) in [5.74, 6) is -0.0341. The quantitative estimate of drug-likeness (QED) is 0.193. The molecule has 3 aromatic heterocycles. The maximum Gasteiger partial charge on any atom is 0.0991 e. The Labute approximate surface area is 285 Å². The average molecular weight is 643 g/mol. The zero-order valence-corrected chi connectivity index (χ0v) is 27.1. The van der Waals surface area contributed by atoms with Gasteiger partial charge in [0.2, 0.25) is 0 Å². The number of nitrogens with zero attached hydrogens (tertiary/aromatic N) is 4. The highest BCUT2D eigenvalue weighted by molar-refractivity contribution is 7.26. The van der Waals surface area contributed by atoms with Gasteiger partial charge >= 0.3 is 0 Å². The molecule has 1 unspecified atom stereocenters. The van der Waals surface area contributed by atoms with E-state index in [0.29, 0.717) is 12.0 Å². The molecular formula is C44H26N4S. The third-order valence-corrected chi connectivity index (χ3v) is 11.3. The smallest absolute Gasteiger partial charge is 0.0991 e. The fourth-order valence-electron chi connectivity index (χ4n) is 7.98. The van der Waals surface area contributed by atoms with Crippen LogP contribution in [0.2, 0.25) is 0 Å². The monoisotopic (exact) mass is 642 g/mol. The van der Waals surface area contributed by atoms with Crippen LogP contribution in [0.3, 0.4) is 0 Å². The Balaban J connectivity index is 1.21. The highest BCUT2D eigenvalue weighted by Crippen LogP contribution is 2.46. The molecule has 0 N–H and O–H groups in total. The summed E-state index contributed by atoms with van der Waals surface area (Å²) in [5.41, 5.74) is 9.47. The topological polar surface area (TPSA) is 57.4 Å². The Bertz CT molecular complexity index is 2990. The summed E-state index contributed by atoms with van der Waals surface area (Å²) in [4.78, 5) is 0.